The highest BCUT2D eigenvalue weighted by molar-refractivity contribution is 6.38. The van der Waals surface area contributed by atoms with E-state index < -0.39 is 53.6 Å². The van der Waals surface area contributed by atoms with Gasteiger partial charge in [-0.15, -0.1) is 4.73 Å². The summed E-state index contributed by atoms with van der Waals surface area (Å²) < 4.78 is 11.6. The lowest BCUT2D eigenvalue weighted by atomic mass is 9.83. The van der Waals surface area contributed by atoms with Crippen LogP contribution in [0.2, 0.25) is 0 Å². The molecule has 1 saturated carbocycles. The van der Waals surface area contributed by atoms with E-state index in [1.807, 2.05) is 18.2 Å². The summed E-state index contributed by atoms with van der Waals surface area (Å²) in [5.41, 5.74) is -0.266. The van der Waals surface area contributed by atoms with E-state index in [9.17, 15) is 29.4 Å². The van der Waals surface area contributed by atoms with Crippen molar-refractivity contribution < 1.29 is 43.7 Å². The van der Waals surface area contributed by atoms with Gasteiger partial charge in [0.1, 0.15) is 18.8 Å². The molecule has 1 aromatic carbocycles. The number of piperidine rings is 1. The van der Waals surface area contributed by atoms with Crippen LogP contribution in [-0.4, -0.2) is 69.0 Å². The number of esters is 1. The van der Waals surface area contributed by atoms with Gasteiger partial charge in [0, 0.05) is 18.7 Å². The predicted molar refractivity (Wildman–Crippen MR) is 155 cm³/mol. The van der Waals surface area contributed by atoms with E-state index in [0.29, 0.717) is 24.0 Å². The van der Waals surface area contributed by atoms with Crippen molar-refractivity contribution in [2.75, 3.05) is 13.2 Å². The minimum Gasteiger partial charge on any atom is -0.492 e. The maximum atomic E-state index is 13.6. The lowest BCUT2D eigenvalue weighted by Crippen LogP contribution is -2.54. The zero-order valence-electron chi connectivity index (χ0n) is 24.9. The number of rotatable bonds is 11. The SMILES string of the molecule is CC(C)(COC(=O)On1c(O)ccc1O)C(=O)C(=O)N1CCCCC1C(=O)O[C@H](CCc1ccccc1)C1CCCCC1. The number of hydrogen-bond acceptors (Lipinski definition) is 9. The predicted octanol–water partition coefficient (Wildman–Crippen LogP) is 4.57. The fourth-order valence-electron chi connectivity index (χ4n) is 5.82. The van der Waals surface area contributed by atoms with Crippen molar-refractivity contribution in [3.05, 3.63) is 48.0 Å². The Morgan fingerprint density at radius 3 is 2.23 bits per heavy atom. The molecule has 1 aliphatic carbocycles. The number of Topliss-reactive ketones (excluding diaryl/α,β-unsaturated/α-hetero) is 1. The molecule has 11 heteroatoms. The van der Waals surface area contributed by atoms with E-state index in [1.165, 1.54) is 30.7 Å². The third kappa shape index (κ3) is 8.30. The third-order valence-electron chi connectivity index (χ3n) is 8.36. The molecule has 234 valence electrons. The fraction of sp³-hybridized carbons (Fsp3) is 0.562. The van der Waals surface area contributed by atoms with E-state index in [0.717, 1.165) is 50.7 Å². The number of aromatic nitrogens is 1. The first kappa shape index (κ1) is 31.9. The molecule has 0 radical (unpaired) electrons. The Kier molecular flexibility index (Phi) is 10.7. The smallest absolute Gasteiger partial charge is 0.492 e. The maximum absolute atomic E-state index is 13.6. The molecule has 0 spiro atoms. The molecule has 0 bridgehead atoms. The molecule has 4 rings (SSSR count). The van der Waals surface area contributed by atoms with Gasteiger partial charge in [-0.1, -0.05) is 49.6 Å². The first-order chi connectivity index (χ1) is 20.6. The average Bonchev–Trinajstić information content (AvgIpc) is 3.34. The summed E-state index contributed by atoms with van der Waals surface area (Å²) in [5.74, 6) is -2.93. The van der Waals surface area contributed by atoms with Crippen LogP contribution in [0.1, 0.15) is 77.2 Å². The van der Waals surface area contributed by atoms with Crippen LogP contribution in [0.4, 0.5) is 4.79 Å². The average molecular weight is 599 g/mol. The van der Waals surface area contributed by atoms with E-state index >= 15 is 0 Å². The van der Waals surface area contributed by atoms with Gasteiger partial charge in [-0.05, 0) is 70.3 Å². The number of aryl methyl sites for hydroxylation is 1. The van der Waals surface area contributed by atoms with Crippen molar-refractivity contribution in [2.45, 2.75) is 90.2 Å². The number of hydrogen-bond donors (Lipinski definition) is 2. The second-order valence-electron chi connectivity index (χ2n) is 12.1. The van der Waals surface area contributed by atoms with Crippen molar-refractivity contribution in [3.63, 3.8) is 0 Å². The molecule has 2 aromatic rings. The molecule has 2 heterocycles. The fourth-order valence-corrected chi connectivity index (χ4v) is 5.82. The molecule has 1 unspecified atom stereocenters. The van der Waals surface area contributed by atoms with Gasteiger partial charge in [-0.2, -0.15) is 0 Å². The molecule has 11 nitrogen and oxygen atoms in total. The molecule has 1 aromatic heterocycles. The number of amides is 1. The van der Waals surface area contributed by atoms with Crippen LogP contribution in [-0.2, 0) is 30.3 Å². The summed E-state index contributed by atoms with van der Waals surface area (Å²) in [6, 6.07) is 11.4. The van der Waals surface area contributed by atoms with Crippen molar-refractivity contribution in [1.82, 2.24) is 9.63 Å². The molecule has 2 fully saturated rings. The summed E-state index contributed by atoms with van der Waals surface area (Å²) >= 11 is 0. The molecule has 2 N–H and O–H groups in total. The molecular formula is C32H42N2O9. The zero-order chi connectivity index (χ0) is 31.0. The summed E-state index contributed by atoms with van der Waals surface area (Å²) in [4.78, 5) is 58.6. The van der Waals surface area contributed by atoms with Crippen molar-refractivity contribution in [1.29, 1.82) is 0 Å². The van der Waals surface area contributed by atoms with Gasteiger partial charge in [-0.25, -0.2) is 9.59 Å². The van der Waals surface area contributed by atoms with Crippen molar-refractivity contribution >= 4 is 23.8 Å². The normalized spacial score (nSPS) is 18.5. The van der Waals surface area contributed by atoms with Crippen LogP contribution in [0.25, 0.3) is 0 Å². The molecule has 1 amide bonds. The minimum atomic E-state index is -1.44. The van der Waals surface area contributed by atoms with E-state index in [4.69, 9.17) is 14.3 Å². The van der Waals surface area contributed by atoms with E-state index in [2.05, 4.69) is 12.1 Å². The topological polar surface area (TPSA) is 145 Å². The van der Waals surface area contributed by atoms with Gasteiger partial charge in [0.15, 0.2) is 0 Å². The Hall–Kier alpha value is -4.02. The summed E-state index contributed by atoms with van der Waals surface area (Å²) in [6.45, 7) is 2.63. The van der Waals surface area contributed by atoms with Gasteiger partial charge in [0.2, 0.25) is 17.5 Å². The number of carbonyl (C=O) groups excluding carboxylic acids is 4. The number of benzene rings is 1. The maximum Gasteiger partial charge on any atom is 0.534 e. The van der Waals surface area contributed by atoms with Crippen LogP contribution in [0.5, 0.6) is 11.8 Å². The van der Waals surface area contributed by atoms with Gasteiger partial charge < -0.3 is 24.6 Å². The zero-order valence-corrected chi connectivity index (χ0v) is 24.9. The quantitative estimate of drug-likeness (QED) is 0.281. The molecule has 1 saturated heterocycles. The molecular weight excluding hydrogens is 556 g/mol. The Balaban J connectivity index is 1.38. The van der Waals surface area contributed by atoms with E-state index in [1.54, 1.807) is 0 Å². The second kappa shape index (κ2) is 14.4. The Morgan fingerprint density at radius 2 is 1.56 bits per heavy atom. The Bertz CT molecular complexity index is 1250. The Labute approximate surface area is 251 Å². The van der Waals surface area contributed by atoms with Crippen molar-refractivity contribution in [2.24, 2.45) is 11.3 Å². The summed E-state index contributed by atoms with van der Waals surface area (Å²) in [7, 11) is 0. The summed E-state index contributed by atoms with van der Waals surface area (Å²) in [5, 5.41) is 19.2. The summed E-state index contributed by atoms with van der Waals surface area (Å²) in [6.07, 6.45) is 7.08. The monoisotopic (exact) mass is 598 g/mol. The molecule has 43 heavy (non-hydrogen) atoms. The third-order valence-corrected chi connectivity index (χ3v) is 8.36. The number of ether oxygens (including phenoxy) is 2. The van der Waals surface area contributed by atoms with Crippen LogP contribution in [0, 0.1) is 11.3 Å². The lowest BCUT2D eigenvalue weighted by molar-refractivity contribution is -0.167. The molecule has 2 atom stereocenters. The van der Waals surface area contributed by atoms with Gasteiger partial charge in [-0.3, -0.25) is 14.4 Å². The number of carbonyl (C=O) groups is 4. The van der Waals surface area contributed by atoms with Gasteiger partial charge in [0.25, 0.3) is 5.91 Å². The van der Waals surface area contributed by atoms with Crippen LogP contribution in [0.15, 0.2) is 42.5 Å². The number of ketones is 1. The Morgan fingerprint density at radius 1 is 0.907 bits per heavy atom. The van der Waals surface area contributed by atoms with Crippen LogP contribution >= 0.6 is 0 Å². The van der Waals surface area contributed by atoms with E-state index in [-0.39, 0.29) is 18.6 Å². The van der Waals surface area contributed by atoms with Crippen molar-refractivity contribution in [3.8, 4) is 11.8 Å². The molecule has 2 aliphatic rings. The van der Waals surface area contributed by atoms with Gasteiger partial charge in [0.05, 0.1) is 5.41 Å². The molecule has 1 aliphatic heterocycles. The standard InChI is InChI=1S/C32H42N2O9/c1-32(2,21-41-31(40)43-34-26(35)18-19-27(34)36)28(37)29(38)33-20-10-9-15-24(33)30(39)42-25(23-13-7-4-8-14-23)17-16-22-11-5-3-6-12-22/h3,5-6,11-12,18-19,23-25,35-36H,4,7-10,13-17,20-21H2,1-2H3/t24?,25-/m1/s1. The lowest BCUT2D eigenvalue weighted by Gasteiger charge is -2.37. The van der Waals surface area contributed by atoms with Crippen LogP contribution in [0.3, 0.4) is 0 Å². The van der Waals surface area contributed by atoms with Gasteiger partial charge >= 0.3 is 12.1 Å². The number of aromatic hydroxyl groups is 2. The highest BCUT2D eigenvalue weighted by Gasteiger charge is 2.43. The van der Waals surface area contributed by atoms with Crippen LogP contribution < -0.4 is 4.84 Å². The number of likely N-dealkylation sites (tertiary alicyclic amines) is 1. The first-order valence-corrected chi connectivity index (χ1v) is 15.1. The highest BCUT2D eigenvalue weighted by Crippen LogP contribution is 2.32. The number of nitrogens with zero attached hydrogens (tertiary/aromatic N) is 2. The second-order valence-corrected chi connectivity index (χ2v) is 12.1. The minimum absolute atomic E-state index is 0.244. The largest absolute Gasteiger partial charge is 0.534 e. The highest BCUT2D eigenvalue weighted by atomic mass is 16.8. The first-order valence-electron chi connectivity index (χ1n) is 15.1.